The summed E-state index contributed by atoms with van der Waals surface area (Å²) in [5, 5.41) is 12.1. The summed E-state index contributed by atoms with van der Waals surface area (Å²) in [5.74, 6) is 0.00387. The molecule has 2 rings (SSSR count). The third-order valence-corrected chi connectivity index (χ3v) is 5.11. The van der Waals surface area contributed by atoms with Crippen molar-refractivity contribution in [3.05, 3.63) is 35.6 Å². The van der Waals surface area contributed by atoms with E-state index in [-0.39, 0.29) is 11.7 Å². The van der Waals surface area contributed by atoms with Gasteiger partial charge in [0.15, 0.2) is 4.34 Å². The third kappa shape index (κ3) is 5.76. The quantitative estimate of drug-likeness (QED) is 0.721. The summed E-state index contributed by atoms with van der Waals surface area (Å²) in [4.78, 5) is 14.1. The van der Waals surface area contributed by atoms with E-state index in [4.69, 9.17) is 0 Å². The van der Waals surface area contributed by atoms with Crippen LogP contribution in [0.1, 0.15) is 26.3 Å². The maximum Gasteiger partial charge on any atom is 0.233 e. The monoisotopic (exact) mass is 368 g/mol. The lowest BCUT2D eigenvalue weighted by Gasteiger charge is -2.20. The molecule has 0 aliphatic heterocycles. The fourth-order valence-electron chi connectivity index (χ4n) is 2.02. The summed E-state index contributed by atoms with van der Waals surface area (Å²) in [5.41, 5.74) is 0.787. The molecule has 0 aliphatic rings. The van der Waals surface area contributed by atoms with E-state index in [1.807, 2.05) is 26.8 Å². The molecule has 1 heterocycles. The van der Waals surface area contributed by atoms with Crippen LogP contribution < -0.4 is 5.32 Å². The molecular formula is C16H21FN4OS2. The first-order chi connectivity index (χ1) is 11.5. The molecule has 1 aromatic carbocycles. The lowest BCUT2D eigenvalue weighted by Crippen LogP contribution is -2.31. The highest BCUT2D eigenvalue weighted by molar-refractivity contribution is 8.01. The van der Waals surface area contributed by atoms with Crippen molar-refractivity contribution in [2.75, 3.05) is 17.6 Å². The molecule has 2 aromatic rings. The predicted molar refractivity (Wildman–Crippen MR) is 96.9 cm³/mol. The van der Waals surface area contributed by atoms with Crippen LogP contribution in [0.15, 0.2) is 28.6 Å². The predicted octanol–water partition coefficient (Wildman–Crippen LogP) is 3.64. The first kappa shape index (κ1) is 18.7. The number of hydrogen-bond acceptors (Lipinski definition) is 6. The molecule has 0 aliphatic carbocycles. The molecule has 0 spiro atoms. The highest BCUT2D eigenvalue weighted by Crippen LogP contribution is 2.26. The Morgan fingerprint density at radius 1 is 1.42 bits per heavy atom. The number of nitrogens with zero attached hydrogens (tertiary/aromatic N) is 3. The van der Waals surface area contributed by atoms with Gasteiger partial charge in [-0.3, -0.25) is 4.79 Å². The molecule has 24 heavy (non-hydrogen) atoms. The minimum atomic E-state index is -0.288. The molecule has 1 amide bonds. The fourth-order valence-corrected chi connectivity index (χ4v) is 3.82. The summed E-state index contributed by atoms with van der Waals surface area (Å²) in [6.45, 7) is 6.96. The number of halogens is 1. The fraction of sp³-hybridized carbons (Fsp3) is 0.438. The van der Waals surface area contributed by atoms with Gasteiger partial charge < -0.3 is 10.2 Å². The zero-order valence-corrected chi connectivity index (χ0v) is 15.6. The molecule has 1 aromatic heterocycles. The molecule has 5 nitrogen and oxygen atoms in total. The Kier molecular flexibility index (Phi) is 6.99. The van der Waals surface area contributed by atoms with E-state index in [2.05, 4.69) is 15.5 Å². The van der Waals surface area contributed by atoms with E-state index < -0.39 is 0 Å². The van der Waals surface area contributed by atoms with Gasteiger partial charge in [0, 0.05) is 19.1 Å². The summed E-state index contributed by atoms with van der Waals surface area (Å²) in [7, 11) is 0. The number of anilines is 1. The Morgan fingerprint density at radius 2 is 2.21 bits per heavy atom. The lowest BCUT2D eigenvalue weighted by molar-refractivity contribution is -0.128. The Morgan fingerprint density at radius 3 is 2.88 bits per heavy atom. The number of aromatic nitrogens is 2. The largest absolute Gasteiger partial charge is 0.358 e. The van der Waals surface area contributed by atoms with E-state index in [1.165, 1.54) is 35.2 Å². The highest BCUT2D eigenvalue weighted by atomic mass is 32.2. The second-order valence-electron chi connectivity index (χ2n) is 5.50. The molecular weight excluding hydrogens is 347 g/mol. The molecule has 0 unspecified atom stereocenters. The number of nitrogens with one attached hydrogen (secondary N) is 1. The van der Waals surface area contributed by atoms with Crippen molar-refractivity contribution in [3.8, 4) is 0 Å². The summed E-state index contributed by atoms with van der Waals surface area (Å²) in [6, 6.07) is 6.62. The van der Waals surface area contributed by atoms with Gasteiger partial charge in [-0.05, 0) is 38.5 Å². The van der Waals surface area contributed by atoms with Gasteiger partial charge in [-0.2, -0.15) is 0 Å². The third-order valence-electron chi connectivity index (χ3n) is 3.13. The Labute approximate surface area is 149 Å². The first-order valence-electron chi connectivity index (χ1n) is 7.73. The zero-order valence-electron chi connectivity index (χ0n) is 14.0. The second-order valence-corrected chi connectivity index (χ2v) is 7.70. The van der Waals surface area contributed by atoms with Gasteiger partial charge in [0.25, 0.3) is 0 Å². The summed E-state index contributed by atoms with van der Waals surface area (Å²) in [6.07, 6.45) is 0. The van der Waals surface area contributed by atoms with Crippen LogP contribution in [-0.4, -0.2) is 39.3 Å². The zero-order chi connectivity index (χ0) is 17.5. The van der Waals surface area contributed by atoms with Crippen LogP contribution in [0.25, 0.3) is 0 Å². The van der Waals surface area contributed by atoms with Gasteiger partial charge in [0.05, 0.1) is 5.75 Å². The maximum atomic E-state index is 13.3. The van der Waals surface area contributed by atoms with Crippen LogP contribution >= 0.6 is 23.1 Å². The Bertz CT molecular complexity index is 678. The minimum absolute atomic E-state index is 0.000306. The van der Waals surface area contributed by atoms with Crippen molar-refractivity contribution < 1.29 is 9.18 Å². The molecule has 0 saturated heterocycles. The van der Waals surface area contributed by atoms with Gasteiger partial charge in [0.1, 0.15) is 5.82 Å². The molecule has 0 saturated carbocycles. The number of carbonyl (C=O) groups is 1. The van der Waals surface area contributed by atoms with Crippen molar-refractivity contribution in [2.45, 2.75) is 37.7 Å². The van der Waals surface area contributed by atoms with Gasteiger partial charge in [0.2, 0.25) is 11.0 Å². The maximum absolute atomic E-state index is 13.3. The van der Waals surface area contributed by atoms with E-state index >= 15 is 0 Å². The van der Waals surface area contributed by atoms with Crippen LogP contribution in [0, 0.1) is 5.82 Å². The number of benzene rings is 1. The SMILES string of the molecule is CCN(Cc1cccc(F)c1)C(=O)CSc1nnc(NC(C)C)s1. The summed E-state index contributed by atoms with van der Waals surface area (Å²) < 4.78 is 14.0. The van der Waals surface area contributed by atoms with Crippen molar-refractivity contribution >= 4 is 34.1 Å². The van der Waals surface area contributed by atoms with Crippen molar-refractivity contribution in [2.24, 2.45) is 0 Å². The van der Waals surface area contributed by atoms with E-state index in [1.54, 1.807) is 11.0 Å². The Balaban J connectivity index is 1.88. The van der Waals surface area contributed by atoms with Crippen LogP contribution in [-0.2, 0) is 11.3 Å². The molecule has 0 fully saturated rings. The number of rotatable bonds is 8. The van der Waals surface area contributed by atoms with Crippen LogP contribution in [0.3, 0.4) is 0 Å². The molecule has 0 radical (unpaired) electrons. The van der Waals surface area contributed by atoms with Crippen molar-refractivity contribution in [1.82, 2.24) is 15.1 Å². The highest BCUT2D eigenvalue weighted by Gasteiger charge is 2.15. The van der Waals surface area contributed by atoms with Crippen molar-refractivity contribution in [3.63, 3.8) is 0 Å². The molecule has 130 valence electrons. The normalized spacial score (nSPS) is 10.9. The number of hydrogen-bond donors (Lipinski definition) is 1. The second kappa shape index (κ2) is 8.98. The van der Waals surface area contributed by atoms with Gasteiger partial charge >= 0.3 is 0 Å². The topological polar surface area (TPSA) is 58.1 Å². The standard InChI is InChI=1S/C16H21FN4OS2/c1-4-21(9-12-6-5-7-13(17)8-12)14(22)10-23-16-20-19-15(24-16)18-11(2)3/h5-8,11H,4,9-10H2,1-3H3,(H,18,19). The molecule has 8 heteroatoms. The van der Waals surface area contributed by atoms with Crippen LogP contribution in [0.4, 0.5) is 9.52 Å². The number of amides is 1. The average molecular weight is 369 g/mol. The van der Waals surface area contributed by atoms with E-state index in [0.717, 1.165) is 15.0 Å². The van der Waals surface area contributed by atoms with Gasteiger partial charge in [-0.15, -0.1) is 10.2 Å². The number of carbonyl (C=O) groups excluding carboxylic acids is 1. The molecule has 0 atom stereocenters. The Hall–Kier alpha value is -1.67. The number of thioether (sulfide) groups is 1. The summed E-state index contributed by atoms with van der Waals surface area (Å²) >= 11 is 2.81. The van der Waals surface area contributed by atoms with E-state index in [0.29, 0.717) is 24.9 Å². The van der Waals surface area contributed by atoms with Gasteiger partial charge in [-0.1, -0.05) is 35.2 Å². The lowest BCUT2D eigenvalue weighted by atomic mass is 10.2. The van der Waals surface area contributed by atoms with Crippen molar-refractivity contribution in [1.29, 1.82) is 0 Å². The minimum Gasteiger partial charge on any atom is -0.358 e. The average Bonchev–Trinajstić information content (AvgIpc) is 2.97. The van der Waals surface area contributed by atoms with E-state index in [9.17, 15) is 9.18 Å². The first-order valence-corrected chi connectivity index (χ1v) is 9.53. The van der Waals surface area contributed by atoms with Gasteiger partial charge in [-0.25, -0.2) is 4.39 Å². The molecule has 1 N–H and O–H groups in total. The van der Waals surface area contributed by atoms with Crippen LogP contribution in [0.5, 0.6) is 0 Å². The molecule has 0 bridgehead atoms. The van der Waals surface area contributed by atoms with Crippen LogP contribution in [0.2, 0.25) is 0 Å². The smallest absolute Gasteiger partial charge is 0.233 e.